The van der Waals surface area contributed by atoms with Crippen LogP contribution in [0.25, 0.3) is 34.0 Å². The fourth-order valence-corrected chi connectivity index (χ4v) is 5.19. The van der Waals surface area contributed by atoms with Gasteiger partial charge in [-0.05, 0) is 88.7 Å². The molecule has 0 saturated carbocycles. The van der Waals surface area contributed by atoms with E-state index in [2.05, 4.69) is 21.2 Å². The zero-order chi connectivity index (χ0) is 29.9. The number of amides is 1. The molecule has 0 fully saturated rings. The van der Waals surface area contributed by atoms with Gasteiger partial charge in [-0.1, -0.05) is 30.3 Å². The SMILES string of the molecule is COc1ccc(C(=O)c2oc3ccccc3c2NC(=O)/C=C/c2cn(-c3ccccc3)nc2-c2ccc(F)cc2)cc1Br. The van der Waals surface area contributed by atoms with Gasteiger partial charge < -0.3 is 14.5 Å². The molecule has 0 unspecified atom stereocenters. The number of aromatic nitrogens is 2. The van der Waals surface area contributed by atoms with Gasteiger partial charge in [0.05, 0.1) is 28.7 Å². The average Bonchev–Trinajstić information content (AvgIpc) is 3.62. The molecule has 0 saturated heterocycles. The number of ether oxygens (including phenoxy) is 1. The second kappa shape index (κ2) is 11.9. The summed E-state index contributed by atoms with van der Waals surface area (Å²) in [5.41, 5.74) is 3.81. The van der Waals surface area contributed by atoms with E-state index >= 15 is 0 Å². The number of carbonyl (C=O) groups is 2. The van der Waals surface area contributed by atoms with E-state index in [1.165, 1.54) is 25.3 Å². The van der Waals surface area contributed by atoms with Gasteiger partial charge in [0.15, 0.2) is 5.76 Å². The Balaban J connectivity index is 1.34. The van der Waals surface area contributed by atoms with Crippen molar-refractivity contribution in [2.45, 2.75) is 0 Å². The van der Waals surface area contributed by atoms with Gasteiger partial charge in [0.25, 0.3) is 0 Å². The third kappa shape index (κ3) is 5.75. The van der Waals surface area contributed by atoms with Crippen molar-refractivity contribution < 1.29 is 23.1 Å². The molecule has 43 heavy (non-hydrogen) atoms. The third-order valence-electron chi connectivity index (χ3n) is 6.76. The normalized spacial score (nSPS) is 11.2. The smallest absolute Gasteiger partial charge is 0.248 e. The van der Waals surface area contributed by atoms with Crippen LogP contribution >= 0.6 is 15.9 Å². The molecule has 0 atom stereocenters. The molecule has 6 rings (SSSR count). The lowest BCUT2D eigenvalue weighted by molar-refractivity contribution is -0.111. The number of nitrogens with one attached hydrogen (secondary N) is 1. The van der Waals surface area contributed by atoms with Gasteiger partial charge >= 0.3 is 0 Å². The van der Waals surface area contributed by atoms with Crippen LogP contribution in [0.5, 0.6) is 5.75 Å². The van der Waals surface area contributed by atoms with Gasteiger partial charge in [-0.15, -0.1) is 0 Å². The zero-order valence-electron chi connectivity index (χ0n) is 22.8. The summed E-state index contributed by atoms with van der Waals surface area (Å²) in [7, 11) is 1.54. The number of rotatable bonds is 8. The number of halogens is 2. The molecule has 0 radical (unpaired) electrons. The predicted octanol–water partition coefficient (Wildman–Crippen LogP) is 8.08. The first-order chi connectivity index (χ1) is 20.9. The second-order valence-electron chi connectivity index (χ2n) is 9.52. The minimum Gasteiger partial charge on any atom is -0.496 e. The number of benzene rings is 4. The lowest BCUT2D eigenvalue weighted by atomic mass is 10.1. The Hall–Kier alpha value is -5.28. The molecular weight excluding hydrogens is 613 g/mol. The summed E-state index contributed by atoms with van der Waals surface area (Å²) in [6, 6.07) is 27.6. The van der Waals surface area contributed by atoms with Crippen molar-refractivity contribution in [1.29, 1.82) is 0 Å². The molecule has 1 amide bonds. The molecule has 9 heteroatoms. The third-order valence-corrected chi connectivity index (χ3v) is 7.38. The molecule has 2 heterocycles. The molecule has 7 nitrogen and oxygen atoms in total. The van der Waals surface area contributed by atoms with Crippen molar-refractivity contribution in [2.24, 2.45) is 0 Å². The first-order valence-electron chi connectivity index (χ1n) is 13.2. The van der Waals surface area contributed by atoms with Crippen LogP contribution < -0.4 is 10.1 Å². The number of fused-ring (bicyclic) bond motifs is 1. The monoisotopic (exact) mass is 635 g/mol. The van der Waals surface area contributed by atoms with Gasteiger partial charge in [-0.3, -0.25) is 9.59 Å². The van der Waals surface area contributed by atoms with Crippen LogP contribution in [-0.2, 0) is 4.79 Å². The van der Waals surface area contributed by atoms with Crippen molar-refractivity contribution in [3.63, 3.8) is 0 Å². The summed E-state index contributed by atoms with van der Waals surface area (Å²) in [6.07, 6.45) is 4.78. The van der Waals surface area contributed by atoms with E-state index in [4.69, 9.17) is 14.3 Å². The van der Waals surface area contributed by atoms with Gasteiger partial charge in [-0.2, -0.15) is 5.10 Å². The van der Waals surface area contributed by atoms with Crippen LogP contribution in [0.3, 0.4) is 0 Å². The van der Waals surface area contributed by atoms with Crippen molar-refractivity contribution in [3.8, 4) is 22.7 Å². The summed E-state index contributed by atoms with van der Waals surface area (Å²) in [5, 5.41) is 8.13. The zero-order valence-corrected chi connectivity index (χ0v) is 24.3. The van der Waals surface area contributed by atoms with Gasteiger partial charge in [0.2, 0.25) is 11.7 Å². The lowest BCUT2D eigenvalue weighted by Crippen LogP contribution is -2.11. The number of carbonyl (C=O) groups excluding carboxylic acids is 2. The average molecular weight is 636 g/mol. The van der Waals surface area contributed by atoms with Crippen molar-refractivity contribution in [3.05, 3.63) is 137 Å². The molecule has 0 spiro atoms. The largest absolute Gasteiger partial charge is 0.496 e. The maximum Gasteiger partial charge on any atom is 0.248 e. The minimum atomic E-state index is -0.478. The van der Waals surface area contributed by atoms with Crippen LogP contribution in [0, 0.1) is 5.82 Å². The number of furan rings is 1. The molecule has 2 aromatic heterocycles. The maximum atomic E-state index is 13.6. The molecular formula is C34H23BrFN3O4. The summed E-state index contributed by atoms with van der Waals surface area (Å²) in [4.78, 5) is 26.8. The number of para-hydroxylation sites is 2. The number of methoxy groups -OCH3 is 1. The van der Waals surface area contributed by atoms with E-state index in [0.717, 1.165) is 5.69 Å². The maximum absolute atomic E-state index is 13.6. The predicted molar refractivity (Wildman–Crippen MR) is 167 cm³/mol. The van der Waals surface area contributed by atoms with Crippen LogP contribution in [0.15, 0.2) is 118 Å². The Morgan fingerprint density at radius 1 is 0.977 bits per heavy atom. The quantitative estimate of drug-likeness (QED) is 0.135. The van der Waals surface area contributed by atoms with E-state index in [-0.39, 0.29) is 17.3 Å². The van der Waals surface area contributed by atoms with Gasteiger partial charge in [0, 0.05) is 34.3 Å². The topological polar surface area (TPSA) is 86.4 Å². The van der Waals surface area contributed by atoms with Crippen molar-refractivity contribution >= 4 is 50.4 Å². The van der Waals surface area contributed by atoms with E-state index in [0.29, 0.717) is 43.6 Å². The lowest BCUT2D eigenvalue weighted by Gasteiger charge is -2.06. The van der Waals surface area contributed by atoms with E-state index in [1.807, 2.05) is 30.3 Å². The molecule has 6 aromatic rings. The molecule has 0 aliphatic heterocycles. The summed E-state index contributed by atoms with van der Waals surface area (Å²) < 4.78 is 27.2. The summed E-state index contributed by atoms with van der Waals surface area (Å²) in [6.45, 7) is 0. The van der Waals surface area contributed by atoms with Gasteiger partial charge in [0.1, 0.15) is 17.1 Å². The van der Waals surface area contributed by atoms with Crippen LogP contribution in [0.1, 0.15) is 21.7 Å². The number of hydrogen-bond donors (Lipinski definition) is 1. The highest BCUT2D eigenvalue weighted by Gasteiger charge is 2.24. The Labute approximate surface area is 254 Å². The Morgan fingerprint density at radius 2 is 1.72 bits per heavy atom. The van der Waals surface area contributed by atoms with E-state index < -0.39 is 11.7 Å². The van der Waals surface area contributed by atoms with Crippen LogP contribution in [0.4, 0.5) is 10.1 Å². The van der Waals surface area contributed by atoms with Crippen molar-refractivity contribution in [1.82, 2.24) is 9.78 Å². The first-order valence-corrected chi connectivity index (χ1v) is 14.0. The highest BCUT2D eigenvalue weighted by Crippen LogP contribution is 2.34. The second-order valence-corrected chi connectivity index (χ2v) is 10.4. The highest BCUT2D eigenvalue weighted by atomic mass is 79.9. The Morgan fingerprint density at radius 3 is 2.47 bits per heavy atom. The molecule has 4 aromatic carbocycles. The molecule has 0 bridgehead atoms. The summed E-state index contributed by atoms with van der Waals surface area (Å²) in [5.74, 6) is -0.655. The van der Waals surface area contributed by atoms with Gasteiger partial charge in [-0.25, -0.2) is 9.07 Å². The first kappa shape index (κ1) is 27.9. The van der Waals surface area contributed by atoms with E-state index in [1.54, 1.807) is 71.6 Å². The van der Waals surface area contributed by atoms with Crippen LogP contribution in [0.2, 0.25) is 0 Å². The standard InChI is InChI=1S/C34H23BrFN3O4/c1-42-29-17-13-22(19-27(29)35)33(41)34-32(26-9-5-6-10-28(26)43-34)37-30(40)18-14-23-20-39(25-7-3-2-4-8-25)38-31(23)21-11-15-24(36)16-12-21/h2-20H,1H3,(H,37,40)/b18-14+. The fraction of sp³-hybridized carbons (Fsp3) is 0.0294. The molecule has 0 aliphatic carbocycles. The number of nitrogens with zero attached hydrogens (tertiary/aromatic N) is 2. The Kier molecular flexibility index (Phi) is 7.72. The number of hydrogen-bond acceptors (Lipinski definition) is 5. The molecule has 0 aliphatic rings. The van der Waals surface area contributed by atoms with E-state index in [9.17, 15) is 14.0 Å². The fourth-order valence-electron chi connectivity index (χ4n) is 4.65. The number of anilines is 1. The van der Waals surface area contributed by atoms with Crippen LogP contribution in [-0.4, -0.2) is 28.6 Å². The highest BCUT2D eigenvalue weighted by molar-refractivity contribution is 9.10. The molecule has 212 valence electrons. The summed E-state index contributed by atoms with van der Waals surface area (Å²) >= 11 is 3.41. The van der Waals surface area contributed by atoms with Crippen molar-refractivity contribution in [2.75, 3.05) is 12.4 Å². The number of ketones is 1. The minimum absolute atomic E-state index is 0.00363. The molecule has 1 N–H and O–H groups in total. The Bertz CT molecular complexity index is 2000.